The minimum atomic E-state index is -0.875. The van der Waals surface area contributed by atoms with E-state index in [-0.39, 0.29) is 45.6 Å². The van der Waals surface area contributed by atoms with Gasteiger partial charge < -0.3 is 30.2 Å². The zero-order valence-corrected chi connectivity index (χ0v) is 14.8. The Morgan fingerprint density at radius 1 is 1.04 bits per heavy atom. The van der Waals surface area contributed by atoms with Crippen molar-refractivity contribution in [3.05, 3.63) is 46.1 Å². The molecule has 8 nitrogen and oxygen atoms in total. The van der Waals surface area contributed by atoms with Gasteiger partial charge in [0, 0.05) is 17.5 Å². The molecule has 0 spiro atoms. The van der Waals surface area contributed by atoms with Gasteiger partial charge in [0.05, 0.1) is 11.6 Å². The molecule has 0 saturated carbocycles. The topological polar surface area (TPSA) is 140 Å². The van der Waals surface area contributed by atoms with Crippen LogP contribution >= 0.6 is 0 Å². The smallest absolute Gasteiger partial charge is 0.238 e. The van der Waals surface area contributed by atoms with E-state index in [4.69, 9.17) is 4.42 Å². The Hall–Kier alpha value is -3.68. The van der Waals surface area contributed by atoms with Gasteiger partial charge in [0.15, 0.2) is 11.3 Å². The molecule has 1 aromatic heterocycles. The third kappa shape index (κ3) is 2.61. The standard InChI is InChI=1S/C20H17NO7/c1-8-6-11(21-20(8)27)14-12(23)7-13(24)15-16(25)17(26)18(28-19(14)15)9-2-4-10(22)5-3-9/h2-5,7-8,11,22-24,26H,6H2,1H3,(H,21,27)/t8-,11+/m0/s1. The number of phenolic OH excluding ortho intramolecular Hbond substituents is 3. The van der Waals surface area contributed by atoms with Crippen LogP contribution in [-0.2, 0) is 4.79 Å². The van der Waals surface area contributed by atoms with Gasteiger partial charge in [0.25, 0.3) is 0 Å². The van der Waals surface area contributed by atoms with E-state index in [9.17, 15) is 30.0 Å². The summed E-state index contributed by atoms with van der Waals surface area (Å²) in [7, 11) is 0. The maximum atomic E-state index is 12.7. The van der Waals surface area contributed by atoms with Gasteiger partial charge in [-0.2, -0.15) is 0 Å². The van der Waals surface area contributed by atoms with Gasteiger partial charge in [-0.15, -0.1) is 0 Å². The number of nitrogens with one attached hydrogen (secondary N) is 1. The molecule has 1 saturated heterocycles. The molecule has 1 aliphatic heterocycles. The molecular weight excluding hydrogens is 366 g/mol. The van der Waals surface area contributed by atoms with Gasteiger partial charge in [-0.25, -0.2) is 0 Å². The average molecular weight is 383 g/mol. The number of hydrogen-bond acceptors (Lipinski definition) is 7. The first-order chi connectivity index (χ1) is 13.3. The molecule has 144 valence electrons. The second-order valence-corrected chi connectivity index (χ2v) is 6.89. The van der Waals surface area contributed by atoms with Crippen LogP contribution in [0.25, 0.3) is 22.3 Å². The summed E-state index contributed by atoms with van der Waals surface area (Å²) >= 11 is 0. The minimum absolute atomic E-state index is 0.00925. The second-order valence-electron chi connectivity index (χ2n) is 6.89. The predicted octanol–water partition coefficient (Wildman–Crippen LogP) is 2.48. The highest BCUT2D eigenvalue weighted by Gasteiger charge is 2.34. The number of aromatic hydroxyl groups is 4. The molecule has 5 N–H and O–H groups in total. The van der Waals surface area contributed by atoms with Gasteiger partial charge in [0.2, 0.25) is 17.1 Å². The summed E-state index contributed by atoms with van der Waals surface area (Å²) in [5, 5.41) is 42.8. The molecule has 2 atom stereocenters. The van der Waals surface area contributed by atoms with E-state index >= 15 is 0 Å². The number of hydrogen-bond donors (Lipinski definition) is 5. The highest BCUT2D eigenvalue weighted by atomic mass is 16.4. The van der Waals surface area contributed by atoms with Crippen molar-refractivity contribution >= 4 is 16.9 Å². The first kappa shape index (κ1) is 17.7. The molecule has 8 heteroatoms. The Labute approximate surface area is 158 Å². The average Bonchev–Trinajstić information content (AvgIpc) is 2.96. The van der Waals surface area contributed by atoms with Crippen molar-refractivity contribution < 1.29 is 29.6 Å². The van der Waals surface area contributed by atoms with Gasteiger partial charge in [-0.3, -0.25) is 9.59 Å². The Kier molecular flexibility index (Phi) is 3.92. The molecule has 0 unspecified atom stereocenters. The Morgan fingerprint density at radius 2 is 1.71 bits per heavy atom. The van der Waals surface area contributed by atoms with Crippen LogP contribution < -0.4 is 10.7 Å². The normalized spacial score (nSPS) is 19.1. The second kappa shape index (κ2) is 6.19. The fourth-order valence-corrected chi connectivity index (χ4v) is 3.51. The molecule has 1 amide bonds. The molecular formula is C20H17NO7. The van der Waals surface area contributed by atoms with Crippen LogP contribution in [0.1, 0.15) is 24.9 Å². The van der Waals surface area contributed by atoms with Crippen molar-refractivity contribution in [2.24, 2.45) is 5.92 Å². The fraction of sp³-hybridized carbons (Fsp3) is 0.200. The number of fused-ring (bicyclic) bond motifs is 1. The summed E-state index contributed by atoms with van der Waals surface area (Å²) in [6.07, 6.45) is 0.366. The zero-order valence-electron chi connectivity index (χ0n) is 14.8. The summed E-state index contributed by atoms with van der Waals surface area (Å²) in [5.74, 6) is -2.29. The van der Waals surface area contributed by atoms with Crippen LogP contribution in [0.3, 0.4) is 0 Å². The number of benzene rings is 2. The molecule has 0 aliphatic carbocycles. The fourth-order valence-electron chi connectivity index (χ4n) is 3.51. The lowest BCUT2D eigenvalue weighted by Gasteiger charge is -2.16. The number of carbonyl (C=O) groups excluding carboxylic acids is 1. The number of carbonyl (C=O) groups is 1. The van der Waals surface area contributed by atoms with Crippen LogP contribution in [0, 0.1) is 5.92 Å². The van der Waals surface area contributed by atoms with Crippen LogP contribution in [0.15, 0.2) is 39.5 Å². The summed E-state index contributed by atoms with van der Waals surface area (Å²) in [5.41, 5.74) is -0.530. The first-order valence-electron chi connectivity index (χ1n) is 8.62. The summed E-state index contributed by atoms with van der Waals surface area (Å²) in [6, 6.07) is 5.98. The van der Waals surface area contributed by atoms with Crippen LogP contribution in [0.4, 0.5) is 0 Å². The van der Waals surface area contributed by atoms with Crippen LogP contribution in [0.5, 0.6) is 23.0 Å². The summed E-state index contributed by atoms with van der Waals surface area (Å²) in [4.78, 5) is 24.6. The molecule has 0 bridgehead atoms. The van der Waals surface area contributed by atoms with E-state index in [1.807, 2.05) is 0 Å². The monoisotopic (exact) mass is 383 g/mol. The Bertz CT molecular complexity index is 1160. The maximum absolute atomic E-state index is 12.7. The minimum Gasteiger partial charge on any atom is -0.508 e. The lowest BCUT2D eigenvalue weighted by Crippen LogP contribution is -2.21. The van der Waals surface area contributed by atoms with Gasteiger partial charge in [-0.05, 0) is 30.7 Å². The van der Waals surface area contributed by atoms with Crippen LogP contribution in [0.2, 0.25) is 0 Å². The highest BCUT2D eigenvalue weighted by Crippen LogP contribution is 2.43. The summed E-state index contributed by atoms with van der Waals surface area (Å²) < 4.78 is 5.77. The largest absolute Gasteiger partial charge is 0.508 e. The number of phenols is 3. The van der Waals surface area contributed by atoms with E-state index in [0.29, 0.717) is 12.0 Å². The predicted molar refractivity (Wildman–Crippen MR) is 99.2 cm³/mol. The van der Waals surface area contributed by atoms with Crippen molar-refractivity contribution in [2.45, 2.75) is 19.4 Å². The van der Waals surface area contributed by atoms with E-state index in [2.05, 4.69) is 5.32 Å². The summed E-state index contributed by atoms with van der Waals surface area (Å²) in [6.45, 7) is 1.73. The van der Waals surface area contributed by atoms with E-state index < -0.39 is 23.0 Å². The first-order valence-corrected chi connectivity index (χ1v) is 8.62. The SMILES string of the molecule is C[C@H]1C[C@H](c2c(O)cc(O)c3c(=O)c(O)c(-c4ccc(O)cc4)oc23)NC1=O. The molecule has 4 rings (SSSR count). The van der Waals surface area contributed by atoms with Gasteiger partial charge in [-0.1, -0.05) is 6.92 Å². The van der Waals surface area contributed by atoms with Crippen molar-refractivity contribution in [2.75, 3.05) is 0 Å². The molecule has 1 fully saturated rings. The Morgan fingerprint density at radius 3 is 2.32 bits per heavy atom. The Balaban J connectivity index is 2.04. The van der Waals surface area contributed by atoms with Crippen molar-refractivity contribution in [3.63, 3.8) is 0 Å². The molecule has 2 heterocycles. The van der Waals surface area contributed by atoms with Crippen LogP contribution in [-0.4, -0.2) is 26.3 Å². The molecule has 28 heavy (non-hydrogen) atoms. The highest BCUT2D eigenvalue weighted by molar-refractivity contribution is 5.92. The number of rotatable bonds is 2. The van der Waals surface area contributed by atoms with E-state index in [0.717, 1.165) is 6.07 Å². The van der Waals surface area contributed by atoms with Crippen molar-refractivity contribution in [1.82, 2.24) is 5.32 Å². The zero-order chi connectivity index (χ0) is 20.2. The van der Waals surface area contributed by atoms with Crippen molar-refractivity contribution in [1.29, 1.82) is 0 Å². The van der Waals surface area contributed by atoms with Crippen molar-refractivity contribution in [3.8, 4) is 34.3 Å². The van der Waals surface area contributed by atoms with Gasteiger partial charge >= 0.3 is 0 Å². The number of amides is 1. The van der Waals surface area contributed by atoms with Gasteiger partial charge in [0.1, 0.15) is 22.6 Å². The maximum Gasteiger partial charge on any atom is 0.238 e. The quantitative estimate of drug-likeness (QED) is 0.458. The molecule has 3 aromatic rings. The lowest BCUT2D eigenvalue weighted by atomic mass is 9.97. The molecule has 1 aliphatic rings. The lowest BCUT2D eigenvalue weighted by molar-refractivity contribution is -0.122. The third-order valence-corrected chi connectivity index (χ3v) is 4.97. The molecule has 0 radical (unpaired) electrons. The molecule has 2 aromatic carbocycles. The third-order valence-electron chi connectivity index (χ3n) is 4.97. The van der Waals surface area contributed by atoms with E-state index in [1.54, 1.807) is 6.92 Å². The van der Waals surface area contributed by atoms with E-state index in [1.165, 1.54) is 24.3 Å².